The topological polar surface area (TPSA) is 81.6 Å². The first-order chi connectivity index (χ1) is 8.32. The van der Waals surface area contributed by atoms with Crippen molar-refractivity contribution >= 4 is 41.2 Å². The van der Waals surface area contributed by atoms with Gasteiger partial charge in [-0.1, -0.05) is 43.9 Å². The van der Waals surface area contributed by atoms with E-state index in [1.807, 2.05) is 20.8 Å². The van der Waals surface area contributed by atoms with Crippen molar-refractivity contribution in [2.75, 3.05) is 5.75 Å². The van der Waals surface area contributed by atoms with Gasteiger partial charge in [-0.2, -0.15) is 10.4 Å². The number of thioether (sulfide) groups is 1. The SMILES string of the molecule is CC(C)(C)C(C#N)NC(=O)CSc1n[nH]c(=S)s1. The van der Waals surface area contributed by atoms with Crippen LogP contribution in [0.15, 0.2) is 4.34 Å². The lowest BCUT2D eigenvalue weighted by Gasteiger charge is -2.25. The van der Waals surface area contributed by atoms with Crippen LogP contribution in [-0.4, -0.2) is 27.9 Å². The fourth-order valence-electron chi connectivity index (χ4n) is 1.05. The molecule has 2 N–H and O–H groups in total. The molecule has 1 unspecified atom stereocenters. The first kappa shape index (κ1) is 15.1. The molecule has 0 fully saturated rings. The number of hydrogen-bond donors (Lipinski definition) is 2. The van der Waals surface area contributed by atoms with Gasteiger partial charge in [0.25, 0.3) is 0 Å². The molecule has 0 aromatic carbocycles. The van der Waals surface area contributed by atoms with Gasteiger partial charge in [0.1, 0.15) is 6.04 Å². The fraction of sp³-hybridized carbons (Fsp3) is 0.600. The molecule has 0 bridgehead atoms. The van der Waals surface area contributed by atoms with Crippen molar-refractivity contribution in [1.82, 2.24) is 15.5 Å². The summed E-state index contributed by atoms with van der Waals surface area (Å²) < 4.78 is 1.31. The van der Waals surface area contributed by atoms with Crippen molar-refractivity contribution in [3.8, 4) is 6.07 Å². The van der Waals surface area contributed by atoms with Crippen LogP contribution in [0.4, 0.5) is 0 Å². The molecule has 5 nitrogen and oxygen atoms in total. The van der Waals surface area contributed by atoms with Crippen LogP contribution < -0.4 is 5.32 Å². The van der Waals surface area contributed by atoms with Crippen LogP contribution >= 0.6 is 35.3 Å². The smallest absolute Gasteiger partial charge is 0.231 e. The number of nitriles is 1. The lowest BCUT2D eigenvalue weighted by atomic mass is 9.88. The quantitative estimate of drug-likeness (QED) is 0.659. The van der Waals surface area contributed by atoms with E-state index in [-0.39, 0.29) is 17.1 Å². The van der Waals surface area contributed by atoms with Gasteiger partial charge in [-0.15, -0.1) is 0 Å². The summed E-state index contributed by atoms with van der Waals surface area (Å²) in [4.78, 5) is 11.7. The molecule has 0 aliphatic heterocycles. The van der Waals surface area contributed by atoms with E-state index >= 15 is 0 Å². The predicted octanol–water partition coefficient (Wildman–Crippen LogP) is 2.35. The molecule has 1 rings (SSSR count). The molecule has 0 aliphatic carbocycles. The third-order valence-corrected chi connectivity index (χ3v) is 4.28. The molecule has 8 heteroatoms. The second kappa shape index (κ2) is 6.31. The van der Waals surface area contributed by atoms with E-state index in [4.69, 9.17) is 17.5 Å². The van der Waals surface area contributed by atoms with Crippen molar-refractivity contribution in [3.63, 3.8) is 0 Å². The van der Waals surface area contributed by atoms with Gasteiger partial charge >= 0.3 is 0 Å². The Kier molecular flexibility index (Phi) is 5.31. The highest BCUT2D eigenvalue weighted by Gasteiger charge is 2.25. The maximum atomic E-state index is 11.7. The van der Waals surface area contributed by atoms with Crippen molar-refractivity contribution < 1.29 is 4.79 Å². The molecule has 0 aliphatic rings. The van der Waals surface area contributed by atoms with Gasteiger partial charge < -0.3 is 5.32 Å². The molecule has 1 atom stereocenters. The second-order valence-electron chi connectivity index (χ2n) is 4.66. The minimum absolute atomic E-state index is 0.178. The molecule has 0 spiro atoms. The molecule has 18 heavy (non-hydrogen) atoms. The van der Waals surface area contributed by atoms with Crippen molar-refractivity contribution in [3.05, 3.63) is 3.95 Å². The number of nitrogens with zero attached hydrogens (tertiary/aromatic N) is 2. The number of carbonyl (C=O) groups is 1. The second-order valence-corrected chi connectivity index (χ2v) is 7.55. The highest BCUT2D eigenvalue weighted by Crippen LogP contribution is 2.21. The van der Waals surface area contributed by atoms with E-state index in [9.17, 15) is 4.79 Å². The Morgan fingerprint density at radius 2 is 2.39 bits per heavy atom. The minimum atomic E-state index is -0.497. The monoisotopic (exact) mass is 302 g/mol. The summed E-state index contributed by atoms with van der Waals surface area (Å²) in [6.45, 7) is 5.73. The number of aromatic nitrogens is 2. The van der Waals surface area contributed by atoms with Crippen LogP contribution in [0.5, 0.6) is 0 Å². The first-order valence-corrected chi connectivity index (χ1v) is 7.41. The Morgan fingerprint density at radius 3 is 2.83 bits per heavy atom. The van der Waals surface area contributed by atoms with Crippen LogP contribution in [0.3, 0.4) is 0 Å². The number of carbonyl (C=O) groups excluding carboxylic acids is 1. The van der Waals surface area contributed by atoms with Crippen LogP contribution in [0.2, 0.25) is 0 Å². The zero-order chi connectivity index (χ0) is 13.8. The minimum Gasteiger partial charge on any atom is -0.339 e. The third-order valence-electron chi connectivity index (χ3n) is 2.05. The lowest BCUT2D eigenvalue weighted by Crippen LogP contribution is -2.43. The van der Waals surface area contributed by atoms with Crippen LogP contribution in [0, 0.1) is 20.7 Å². The molecule has 98 valence electrons. The summed E-state index contributed by atoms with van der Waals surface area (Å²) in [5.74, 6) is 0.0484. The Bertz CT molecular complexity index is 508. The average Bonchev–Trinajstić information content (AvgIpc) is 2.67. The van der Waals surface area contributed by atoms with E-state index < -0.39 is 6.04 Å². The Labute approximate surface area is 119 Å². The van der Waals surface area contributed by atoms with Gasteiger partial charge in [0.15, 0.2) is 8.29 Å². The van der Waals surface area contributed by atoms with E-state index in [0.29, 0.717) is 3.95 Å². The Balaban J connectivity index is 2.47. The summed E-state index contributed by atoms with van der Waals surface area (Å²) in [5.41, 5.74) is -0.280. The Morgan fingerprint density at radius 1 is 1.72 bits per heavy atom. The van der Waals surface area contributed by atoms with Gasteiger partial charge in [0.05, 0.1) is 11.8 Å². The zero-order valence-electron chi connectivity index (χ0n) is 10.3. The highest BCUT2D eigenvalue weighted by molar-refractivity contribution is 8.01. The van der Waals surface area contributed by atoms with Crippen LogP contribution in [0.1, 0.15) is 20.8 Å². The lowest BCUT2D eigenvalue weighted by molar-refractivity contribution is -0.119. The maximum Gasteiger partial charge on any atom is 0.231 e. The molecule has 1 aromatic heterocycles. The Hall–Kier alpha value is -0.910. The zero-order valence-corrected chi connectivity index (χ0v) is 12.8. The van der Waals surface area contributed by atoms with E-state index in [2.05, 4.69) is 21.6 Å². The summed E-state index contributed by atoms with van der Waals surface area (Å²) in [5, 5.41) is 18.3. The average molecular weight is 302 g/mol. The number of H-pyrrole nitrogens is 1. The van der Waals surface area contributed by atoms with E-state index in [1.54, 1.807) is 0 Å². The van der Waals surface area contributed by atoms with E-state index in [0.717, 1.165) is 4.34 Å². The van der Waals surface area contributed by atoms with Crippen molar-refractivity contribution in [2.45, 2.75) is 31.2 Å². The number of rotatable bonds is 4. The molecule has 0 saturated heterocycles. The summed E-state index contributed by atoms with van der Waals surface area (Å²) in [7, 11) is 0. The number of nitrogens with one attached hydrogen (secondary N) is 2. The molecule has 0 saturated carbocycles. The van der Waals surface area contributed by atoms with Crippen LogP contribution in [-0.2, 0) is 4.79 Å². The van der Waals surface area contributed by atoms with Crippen LogP contribution in [0.25, 0.3) is 0 Å². The maximum absolute atomic E-state index is 11.7. The molecule has 0 radical (unpaired) electrons. The summed E-state index contributed by atoms with van der Waals surface area (Å²) in [6.07, 6.45) is 0. The molecular formula is C10H14N4OS3. The standard InChI is InChI=1S/C10H14N4OS3/c1-10(2,3)6(4-11)12-7(15)5-17-9-14-13-8(16)18-9/h6H,5H2,1-3H3,(H,12,15)(H,13,16). The summed E-state index contributed by atoms with van der Waals surface area (Å²) in [6, 6.07) is 1.60. The molecule has 1 heterocycles. The predicted molar refractivity (Wildman–Crippen MR) is 75.0 cm³/mol. The molecule has 1 aromatic rings. The largest absolute Gasteiger partial charge is 0.339 e. The number of aromatic amines is 1. The highest BCUT2D eigenvalue weighted by atomic mass is 32.2. The normalized spacial score (nSPS) is 12.8. The number of hydrogen-bond acceptors (Lipinski definition) is 6. The van der Waals surface area contributed by atoms with Gasteiger partial charge in [-0.05, 0) is 17.6 Å². The fourth-order valence-corrected chi connectivity index (χ4v) is 2.94. The molecular weight excluding hydrogens is 288 g/mol. The van der Waals surface area contributed by atoms with Gasteiger partial charge in [0, 0.05) is 0 Å². The third kappa shape index (κ3) is 4.76. The van der Waals surface area contributed by atoms with E-state index in [1.165, 1.54) is 23.1 Å². The number of amides is 1. The van der Waals surface area contributed by atoms with Crippen molar-refractivity contribution in [2.24, 2.45) is 5.41 Å². The summed E-state index contributed by atoms with van der Waals surface area (Å²) >= 11 is 7.52. The van der Waals surface area contributed by atoms with Crippen molar-refractivity contribution in [1.29, 1.82) is 5.26 Å². The van der Waals surface area contributed by atoms with Gasteiger partial charge in [-0.3, -0.25) is 9.89 Å². The first-order valence-electron chi connectivity index (χ1n) is 5.20. The van der Waals surface area contributed by atoms with Gasteiger partial charge in [-0.25, -0.2) is 0 Å². The van der Waals surface area contributed by atoms with Gasteiger partial charge in [0.2, 0.25) is 5.91 Å². The molecule has 1 amide bonds.